The lowest BCUT2D eigenvalue weighted by molar-refractivity contribution is -0.146. The highest BCUT2D eigenvalue weighted by Gasteiger charge is 2.31. The number of methoxy groups -OCH3 is 4. The number of rotatable bonds is 13. The largest absolute Gasteiger partial charge is 0.493 e. The number of carbonyl (C=O) groups is 3. The van der Waals surface area contributed by atoms with Gasteiger partial charge < -0.3 is 34.9 Å². The highest BCUT2D eigenvalue weighted by Crippen LogP contribution is 2.50. The molecule has 3 atom stereocenters. The summed E-state index contributed by atoms with van der Waals surface area (Å²) in [6.07, 6.45) is 3.42. The lowest BCUT2D eigenvalue weighted by Gasteiger charge is -2.24. The zero-order chi connectivity index (χ0) is 32.6. The Labute approximate surface area is 262 Å². The van der Waals surface area contributed by atoms with Crippen molar-refractivity contribution in [1.82, 2.24) is 10.6 Å². The molecule has 0 radical (unpaired) electrons. The van der Waals surface area contributed by atoms with E-state index in [1.807, 2.05) is 26.2 Å². The van der Waals surface area contributed by atoms with Gasteiger partial charge in [0, 0.05) is 12.5 Å². The number of carbonyl (C=O) groups excluding carboxylic acids is 3. The van der Waals surface area contributed by atoms with Crippen molar-refractivity contribution in [2.45, 2.75) is 58.2 Å². The molecule has 1 aliphatic carbocycles. The summed E-state index contributed by atoms with van der Waals surface area (Å²) in [5, 5.41) is 8.92. The van der Waals surface area contributed by atoms with Crippen LogP contribution in [0.1, 0.15) is 50.8 Å². The van der Waals surface area contributed by atoms with E-state index in [4.69, 9.17) is 18.9 Å². The molecule has 3 N–H and O–H groups in total. The number of thioether (sulfide) groups is 1. The summed E-state index contributed by atoms with van der Waals surface area (Å²) in [6, 6.07) is 4.70. The van der Waals surface area contributed by atoms with Gasteiger partial charge in [-0.3, -0.25) is 14.4 Å². The fourth-order valence-corrected chi connectivity index (χ4v) is 5.87. The van der Waals surface area contributed by atoms with E-state index in [0.29, 0.717) is 53.4 Å². The number of esters is 1. The van der Waals surface area contributed by atoms with Crippen molar-refractivity contribution < 1.29 is 33.3 Å². The molecule has 12 heteroatoms. The summed E-state index contributed by atoms with van der Waals surface area (Å²) in [5.74, 6) is 0.591. The normalized spacial score (nSPS) is 15.1. The number of hydrogen-bond donors (Lipinski definition) is 3. The highest BCUT2D eigenvalue weighted by molar-refractivity contribution is 7.98. The van der Waals surface area contributed by atoms with E-state index in [9.17, 15) is 19.2 Å². The summed E-state index contributed by atoms with van der Waals surface area (Å²) in [5.41, 5.74) is 2.75. The quantitative estimate of drug-likeness (QED) is 0.281. The first kappa shape index (κ1) is 34.6. The third-order valence-electron chi connectivity index (χ3n) is 7.59. The van der Waals surface area contributed by atoms with E-state index in [-0.39, 0.29) is 22.9 Å². The van der Waals surface area contributed by atoms with E-state index in [2.05, 4.69) is 16.0 Å². The Hall–Kier alpha value is -3.93. The van der Waals surface area contributed by atoms with E-state index < -0.39 is 30.0 Å². The molecule has 0 aliphatic heterocycles. The monoisotopic (exact) mass is 629 g/mol. The molecular weight excluding hydrogens is 586 g/mol. The molecule has 11 nitrogen and oxygen atoms in total. The van der Waals surface area contributed by atoms with Crippen LogP contribution in [0.4, 0.5) is 5.69 Å². The van der Waals surface area contributed by atoms with E-state index >= 15 is 0 Å². The van der Waals surface area contributed by atoms with Crippen LogP contribution in [0.3, 0.4) is 0 Å². The van der Waals surface area contributed by atoms with Crippen LogP contribution in [0.25, 0.3) is 11.1 Å². The van der Waals surface area contributed by atoms with Crippen molar-refractivity contribution >= 4 is 35.2 Å². The van der Waals surface area contributed by atoms with Crippen molar-refractivity contribution in [3.05, 3.63) is 45.6 Å². The van der Waals surface area contributed by atoms with Gasteiger partial charge in [-0.25, -0.2) is 4.79 Å². The molecule has 0 unspecified atom stereocenters. The minimum absolute atomic E-state index is 0.195. The van der Waals surface area contributed by atoms with E-state index in [1.165, 1.54) is 34.3 Å². The number of ether oxygens (including phenoxy) is 4. The van der Waals surface area contributed by atoms with Gasteiger partial charge in [0.15, 0.2) is 11.5 Å². The zero-order valence-electron chi connectivity index (χ0n) is 26.6. The number of hydrogen-bond acceptors (Lipinski definition) is 10. The van der Waals surface area contributed by atoms with Crippen LogP contribution >= 0.6 is 11.8 Å². The Morgan fingerprint density at radius 2 is 1.73 bits per heavy atom. The molecule has 2 amide bonds. The Balaban J connectivity index is 2.19. The molecule has 2 aromatic carbocycles. The Morgan fingerprint density at radius 1 is 1.02 bits per heavy atom. The zero-order valence-corrected chi connectivity index (χ0v) is 27.4. The fraction of sp³-hybridized carbons (Fsp3) is 0.500. The van der Waals surface area contributed by atoms with Gasteiger partial charge in [0.1, 0.15) is 12.1 Å². The molecule has 0 spiro atoms. The molecule has 0 aromatic heterocycles. The van der Waals surface area contributed by atoms with Gasteiger partial charge in [-0.1, -0.05) is 19.9 Å². The number of anilines is 1. The Morgan fingerprint density at radius 3 is 2.30 bits per heavy atom. The van der Waals surface area contributed by atoms with Gasteiger partial charge in [0.2, 0.25) is 23.0 Å². The standard InChI is InChI=1S/C32H43N3O8S/c1-17(2)28(32(39)43-7)35-31(38)24(13-14-44-8)34-23-12-10-20-21(16-25(23)37)22(33-18(3)36)11-9-19-15-26(40-4)29(41-5)30(42-6)27(19)20/h10,12,15-17,22,24,28H,9,11,13-14H2,1-8H3,(H,33,36)(H,34,37)(H,35,38)/t22-,24-,28-/m0/s1. The summed E-state index contributed by atoms with van der Waals surface area (Å²) in [6.45, 7) is 5.06. The van der Waals surface area contributed by atoms with Gasteiger partial charge in [-0.2, -0.15) is 11.8 Å². The predicted molar refractivity (Wildman–Crippen MR) is 172 cm³/mol. The van der Waals surface area contributed by atoms with Crippen LogP contribution in [0.2, 0.25) is 0 Å². The number of aryl methyl sites for hydroxylation is 1. The molecule has 0 heterocycles. The van der Waals surface area contributed by atoms with E-state index in [0.717, 1.165) is 11.1 Å². The van der Waals surface area contributed by atoms with Crippen molar-refractivity contribution in [2.24, 2.45) is 5.92 Å². The minimum atomic E-state index is -0.838. The first-order valence-electron chi connectivity index (χ1n) is 14.4. The van der Waals surface area contributed by atoms with Crippen LogP contribution in [0.5, 0.6) is 17.2 Å². The van der Waals surface area contributed by atoms with Crippen molar-refractivity contribution in [2.75, 3.05) is 45.8 Å². The van der Waals surface area contributed by atoms with Crippen molar-refractivity contribution in [1.29, 1.82) is 0 Å². The molecular formula is C32H43N3O8S. The molecule has 2 aromatic rings. The number of amides is 2. The number of fused-ring (bicyclic) bond motifs is 3. The lowest BCUT2D eigenvalue weighted by Crippen LogP contribution is -2.50. The van der Waals surface area contributed by atoms with Crippen LogP contribution in [-0.2, 0) is 25.5 Å². The Kier molecular flexibility index (Phi) is 12.3. The second-order valence-electron chi connectivity index (χ2n) is 10.8. The fourth-order valence-electron chi connectivity index (χ4n) is 5.40. The third kappa shape index (κ3) is 7.77. The second-order valence-corrected chi connectivity index (χ2v) is 11.8. The summed E-state index contributed by atoms with van der Waals surface area (Å²) >= 11 is 1.56. The van der Waals surface area contributed by atoms with Gasteiger partial charge >= 0.3 is 5.97 Å². The maximum absolute atomic E-state index is 13.8. The van der Waals surface area contributed by atoms with Crippen molar-refractivity contribution in [3.63, 3.8) is 0 Å². The Bertz CT molecular complexity index is 1430. The van der Waals surface area contributed by atoms with Crippen LogP contribution < -0.4 is 35.6 Å². The third-order valence-corrected chi connectivity index (χ3v) is 8.24. The molecule has 44 heavy (non-hydrogen) atoms. The molecule has 0 saturated heterocycles. The predicted octanol–water partition coefficient (Wildman–Crippen LogP) is 3.71. The van der Waals surface area contributed by atoms with Crippen molar-refractivity contribution in [3.8, 4) is 28.4 Å². The average molecular weight is 630 g/mol. The first-order chi connectivity index (χ1) is 21.0. The molecule has 1 aliphatic rings. The molecule has 0 saturated carbocycles. The van der Waals surface area contributed by atoms with Gasteiger partial charge in [-0.05, 0) is 72.1 Å². The summed E-state index contributed by atoms with van der Waals surface area (Å²) in [7, 11) is 5.89. The topological polar surface area (TPSA) is 141 Å². The lowest BCUT2D eigenvalue weighted by atomic mass is 9.95. The highest BCUT2D eigenvalue weighted by atomic mass is 32.2. The van der Waals surface area contributed by atoms with Gasteiger partial charge in [-0.15, -0.1) is 0 Å². The molecule has 0 fully saturated rings. The van der Waals surface area contributed by atoms with Crippen LogP contribution in [0, 0.1) is 5.92 Å². The van der Waals surface area contributed by atoms with Gasteiger partial charge in [0.25, 0.3) is 0 Å². The van der Waals surface area contributed by atoms with Crippen LogP contribution in [0.15, 0.2) is 29.1 Å². The molecule has 0 bridgehead atoms. The summed E-state index contributed by atoms with van der Waals surface area (Å²) < 4.78 is 22.0. The second kappa shape index (κ2) is 15.7. The van der Waals surface area contributed by atoms with Crippen LogP contribution in [-0.4, -0.2) is 70.3 Å². The molecule has 3 rings (SSSR count). The maximum Gasteiger partial charge on any atom is 0.328 e. The molecule has 240 valence electrons. The first-order valence-corrected chi connectivity index (χ1v) is 15.8. The number of benzene rings is 1. The van der Waals surface area contributed by atoms with Gasteiger partial charge in [0.05, 0.1) is 40.2 Å². The minimum Gasteiger partial charge on any atom is -0.493 e. The number of nitrogens with one attached hydrogen (secondary N) is 3. The maximum atomic E-state index is 13.8. The average Bonchev–Trinajstić information content (AvgIpc) is 3.24. The SMILES string of the molecule is COC(=O)[C@@H](NC(=O)[C@H](CCSC)Nc1ccc2c(cc1=O)[C@@H](NC(C)=O)CCc1cc(OC)c(OC)c(OC)c1-2)C(C)C. The smallest absolute Gasteiger partial charge is 0.328 e. The van der Waals surface area contributed by atoms with E-state index in [1.54, 1.807) is 31.0 Å². The summed E-state index contributed by atoms with van der Waals surface area (Å²) in [4.78, 5) is 51.8.